The molecule has 8 heteroatoms. The molecule has 0 radical (unpaired) electrons. The number of hydrogen-bond acceptors (Lipinski definition) is 7. The van der Waals surface area contributed by atoms with E-state index in [4.69, 9.17) is 10.3 Å². The number of nitrogens with one attached hydrogen (secondary N) is 1. The quantitative estimate of drug-likeness (QED) is 0.657. The molecule has 118 valence electrons. The smallest absolute Gasteiger partial charge is 0.237 e. The highest BCUT2D eigenvalue weighted by Gasteiger charge is 2.19. The lowest BCUT2D eigenvalue weighted by Gasteiger charge is -2.12. The predicted molar refractivity (Wildman–Crippen MR) is 85.7 cm³/mol. The van der Waals surface area contributed by atoms with Crippen LogP contribution in [0, 0.1) is 6.92 Å². The summed E-state index contributed by atoms with van der Waals surface area (Å²) in [6.45, 7) is 7.88. The lowest BCUT2D eigenvalue weighted by atomic mass is 9.92. The molecule has 22 heavy (non-hydrogen) atoms. The number of amides is 1. The SMILES string of the molecule is Cc1cc(N)nc(SCC(=O)Nc2cc(C(C)(C)C)no2)n1. The number of aromatic nitrogens is 3. The van der Waals surface area contributed by atoms with Crippen LogP contribution in [0.2, 0.25) is 0 Å². The van der Waals surface area contributed by atoms with Gasteiger partial charge in [0.15, 0.2) is 5.16 Å². The van der Waals surface area contributed by atoms with Gasteiger partial charge in [0.05, 0.1) is 11.4 Å². The molecule has 2 aromatic rings. The molecule has 7 nitrogen and oxygen atoms in total. The molecule has 2 rings (SSSR count). The van der Waals surface area contributed by atoms with Crippen molar-refractivity contribution >= 4 is 29.4 Å². The van der Waals surface area contributed by atoms with Gasteiger partial charge in [-0.1, -0.05) is 37.7 Å². The zero-order valence-corrected chi connectivity index (χ0v) is 13.8. The molecule has 0 aliphatic carbocycles. The third-order valence-electron chi connectivity index (χ3n) is 2.73. The summed E-state index contributed by atoms with van der Waals surface area (Å²) in [5.74, 6) is 0.667. The number of aryl methyl sites for hydroxylation is 1. The molecule has 0 aliphatic heterocycles. The number of nitrogen functional groups attached to an aromatic ring is 1. The van der Waals surface area contributed by atoms with Crippen LogP contribution >= 0.6 is 11.8 Å². The maximum absolute atomic E-state index is 11.9. The van der Waals surface area contributed by atoms with E-state index >= 15 is 0 Å². The molecule has 0 atom stereocenters. The first-order chi connectivity index (χ1) is 10.2. The first-order valence-corrected chi connectivity index (χ1v) is 7.73. The van der Waals surface area contributed by atoms with Crippen LogP contribution in [-0.2, 0) is 10.2 Å². The van der Waals surface area contributed by atoms with Crippen molar-refractivity contribution in [3.8, 4) is 0 Å². The summed E-state index contributed by atoms with van der Waals surface area (Å²) in [4.78, 5) is 20.2. The molecule has 0 fully saturated rings. The molecule has 0 spiro atoms. The van der Waals surface area contributed by atoms with Crippen LogP contribution in [0.15, 0.2) is 21.8 Å². The van der Waals surface area contributed by atoms with Crippen LogP contribution in [0.4, 0.5) is 11.7 Å². The number of hydrogen-bond donors (Lipinski definition) is 2. The summed E-state index contributed by atoms with van der Waals surface area (Å²) in [6, 6.07) is 3.40. The van der Waals surface area contributed by atoms with Crippen molar-refractivity contribution in [1.29, 1.82) is 0 Å². The summed E-state index contributed by atoms with van der Waals surface area (Å²) in [5, 5.41) is 7.08. The molecular formula is C14H19N5O2S. The lowest BCUT2D eigenvalue weighted by Crippen LogP contribution is -2.14. The Kier molecular flexibility index (Phi) is 4.70. The largest absolute Gasteiger partial charge is 0.384 e. The number of nitrogens with zero attached hydrogens (tertiary/aromatic N) is 3. The fraction of sp³-hybridized carbons (Fsp3) is 0.429. The standard InChI is InChI=1S/C14H19N5O2S/c1-8-5-10(15)17-13(16-8)22-7-11(20)18-12-6-9(19-21-12)14(2,3)4/h5-6H,7H2,1-4H3,(H,18,20)(H2,15,16,17). The van der Waals surface area contributed by atoms with Crippen molar-refractivity contribution in [2.24, 2.45) is 0 Å². The van der Waals surface area contributed by atoms with Crippen molar-refractivity contribution in [3.63, 3.8) is 0 Å². The Bertz CT molecular complexity index is 658. The number of anilines is 2. The van der Waals surface area contributed by atoms with Crippen molar-refractivity contribution in [1.82, 2.24) is 15.1 Å². The van der Waals surface area contributed by atoms with Gasteiger partial charge >= 0.3 is 0 Å². The second-order valence-electron chi connectivity index (χ2n) is 5.88. The maximum Gasteiger partial charge on any atom is 0.237 e. The van der Waals surface area contributed by atoms with Gasteiger partial charge in [-0.25, -0.2) is 9.97 Å². The molecule has 0 unspecified atom stereocenters. The second kappa shape index (κ2) is 6.35. The number of rotatable bonds is 4. The maximum atomic E-state index is 11.9. The highest BCUT2D eigenvalue weighted by molar-refractivity contribution is 7.99. The topological polar surface area (TPSA) is 107 Å². The van der Waals surface area contributed by atoms with E-state index in [1.807, 2.05) is 27.7 Å². The Morgan fingerprint density at radius 3 is 2.68 bits per heavy atom. The Morgan fingerprint density at radius 2 is 2.09 bits per heavy atom. The summed E-state index contributed by atoms with van der Waals surface area (Å²) >= 11 is 1.21. The van der Waals surface area contributed by atoms with Crippen molar-refractivity contribution in [3.05, 3.63) is 23.5 Å². The van der Waals surface area contributed by atoms with Crippen LogP contribution in [0.25, 0.3) is 0 Å². The summed E-state index contributed by atoms with van der Waals surface area (Å²) in [7, 11) is 0. The summed E-state index contributed by atoms with van der Waals surface area (Å²) in [6.07, 6.45) is 0. The fourth-order valence-corrected chi connectivity index (χ4v) is 2.33. The van der Waals surface area contributed by atoms with Gasteiger partial charge in [0.1, 0.15) is 5.82 Å². The zero-order chi connectivity index (χ0) is 16.3. The van der Waals surface area contributed by atoms with Gasteiger partial charge in [0.2, 0.25) is 11.8 Å². The third kappa shape index (κ3) is 4.45. The molecule has 0 saturated heterocycles. The van der Waals surface area contributed by atoms with E-state index < -0.39 is 0 Å². The average molecular weight is 321 g/mol. The van der Waals surface area contributed by atoms with Gasteiger partial charge < -0.3 is 10.3 Å². The lowest BCUT2D eigenvalue weighted by molar-refractivity contribution is -0.113. The highest BCUT2D eigenvalue weighted by Crippen LogP contribution is 2.24. The van der Waals surface area contributed by atoms with Gasteiger partial charge in [-0.05, 0) is 6.92 Å². The van der Waals surface area contributed by atoms with Gasteiger partial charge in [0, 0.05) is 23.2 Å². The fourth-order valence-electron chi connectivity index (χ4n) is 1.62. The minimum Gasteiger partial charge on any atom is -0.384 e. The van der Waals surface area contributed by atoms with E-state index in [1.165, 1.54) is 11.8 Å². The van der Waals surface area contributed by atoms with E-state index in [1.54, 1.807) is 12.1 Å². The Balaban J connectivity index is 1.92. The van der Waals surface area contributed by atoms with Crippen molar-refractivity contribution < 1.29 is 9.32 Å². The molecule has 2 heterocycles. The van der Waals surface area contributed by atoms with Crippen molar-refractivity contribution in [2.75, 3.05) is 16.8 Å². The van der Waals surface area contributed by atoms with Gasteiger partial charge in [-0.2, -0.15) is 0 Å². The van der Waals surface area contributed by atoms with E-state index in [9.17, 15) is 4.79 Å². The minimum absolute atomic E-state index is 0.131. The van der Waals surface area contributed by atoms with E-state index in [0.717, 1.165) is 11.4 Å². The molecule has 1 amide bonds. The molecular weight excluding hydrogens is 302 g/mol. The van der Waals surface area contributed by atoms with Gasteiger partial charge in [-0.3, -0.25) is 10.1 Å². The first-order valence-electron chi connectivity index (χ1n) is 6.75. The third-order valence-corrected chi connectivity index (χ3v) is 3.57. The first kappa shape index (κ1) is 16.3. The Hall–Kier alpha value is -2.09. The van der Waals surface area contributed by atoms with E-state index in [0.29, 0.717) is 16.9 Å². The van der Waals surface area contributed by atoms with Crippen LogP contribution in [-0.4, -0.2) is 26.8 Å². The van der Waals surface area contributed by atoms with Crippen LogP contribution < -0.4 is 11.1 Å². The number of carbonyl (C=O) groups is 1. The number of nitrogens with two attached hydrogens (primary N) is 1. The molecule has 3 N–H and O–H groups in total. The minimum atomic E-state index is -0.217. The predicted octanol–water partition coefficient (Wildman–Crippen LogP) is 2.38. The molecule has 0 bridgehead atoms. The van der Waals surface area contributed by atoms with Crippen molar-refractivity contribution in [2.45, 2.75) is 38.3 Å². The van der Waals surface area contributed by atoms with E-state index in [2.05, 4.69) is 20.4 Å². The van der Waals surface area contributed by atoms with Gasteiger partial charge in [0.25, 0.3) is 0 Å². The molecule has 0 aromatic carbocycles. The zero-order valence-electron chi connectivity index (χ0n) is 13.0. The average Bonchev–Trinajstić information content (AvgIpc) is 2.83. The van der Waals surface area contributed by atoms with Crippen LogP contribution in [0.1, 0.15) is 32.2 Å². The Morgan fingerprint density at radius 1 is 1.36 bits per heavy atom. The van der Waals surface area contributed by atoms with Crippen LogP contribution in [0.5, 0.6) is 0 Å². The normalized spacial score (nSPS) is 11.5. The highest BCUT2D eigenvalue weighted by atomic mass is 32.2. The number of thioether (sulfide) groups is 1. The molecule has 2 aromatic heterocycles. The summed E-state index contributed by atoms with van der Waals surface area (Å²) in [5.41, 5.74) is 7.06. The molecule has 0 aliphatic rings. The molecule has 0 saturated carbocycles. The summed E-state index contributed by atoms with van der Waals surface area (Å²) < 4.78 is 5.11. The van der Waals surface area contributed by atoms with Crippen LogP contribution in [0.3, 0.4) is 0 Å². The monoisotopic (exact) mass is 321 g/mol. The second-order valence-corrected chi connectivity index (χ2v) is 6.82. The number of carbonyl (C=O) groups excluding carboxylic acids is 1. The van der Waals surface area contributed by atoms with Gasteiger partial charge in [-0.15, -0.1) is 0 Å². The Labute approximate surface area is 133 Å². The van der Waals surface area contributed by atoms with E-state index in [-0.39, 0.29) is 17.1 Å².